The molecule has 1 aliphatic carbocycles. The van der Waals surface area contributed by atoms with E-state index in [2.05, 4.69) is 36.0 Å². The van der Waals surface area contributed by atoms with E-state index in [1.807, 2.05) is 12.1 Å². The van der Waals surface area contributed by atoms with Gasteiger partial charge in [-0.1, -0.05) is 19.1 Å². The van der Waals surface area contributed by atoms with Crippen LogP contribution in [0.2, 0.25) is 0 Å². The number of carbonyl (C=O) groups excluding carboxylic acids is 1. The van der Waals surface area contributed by atoms with Crippen molar-refractivity contribution in [2.75, 3.05) is 24.1 Å². The fraction of sp³-hybridized carbons (Fsp3) is 0.304. The number of rotatable bonds is 4. The average molecular weight is 411 g/mol. The van der Waals surface area contributed by atoms with Crippen LogP contribution in [0.3, 0.4) is 0 Å². The maximum absolute atomic E-state index is 13.0. The van der Waals surface area contributed by atoms with E-state index in [1.54, 1.807) is 24.3 Å². The van der Waals surface area contributed by atoms with Gasteiger partial charge in [0.05, 0.1) is 0 Å². The van der Waals surface area contributed by atoms with E-state index >= 15 is 0 Å². The van der Waals surface area contributed by atoms with E-state index in [4.69, 9.17) is 0 Å². The lowest BCUT2D eigenvalue weighted by atomic mass is 9.96. The fourth-order valence-corrected chi connectivity index (χ4v) is 4.80. The SMILES string of the molecule is CC1(c2cc(S(C)(C)C)c(O)cc2NC(=O)c2c[nH]c3ccccc3c2=O)CC1. The highest BCUT2D eigenvalue weighted by Crippen LogP contribution is 2.56. The number of phenols is 1. The Labute approximate surface area is 171 Å². The van der Waals surface area contributed by atoms with Gasteiger partial charge in [-0.2, -0.15) is 0 Å². The third-order valence-electron chi connectivity index (χ3n) is 5.69. The van der Waals surface area contributed by atoms with Crippen LogP contribution < -0.4 is 10.7 Å². The molecule has 1 aliphatic rings. The van der Waals surface area contributed by atoms with E-state index in [0.717, 1.165) is 23.3 Å². The zero-order valence-corrected chi connectivity index (χ0v) is 17.9. The van der Waals surface area contributed by atoms with Crippen molar-refractivity contribution in [3.05, 3.63) is 63.9 Å². The molecule has 0 atom stereocenters. The molecule has 1 amide bonds. The minimum absolute atomic E-state index is 0.00838. The summed E-state index contributed by atoms with van der Waals surface area (Å²) in [4.78, 5) is 29.7. The second-order valence-corrected chi connectivity index (χ2v) is 12.9. The first-order chi connectivity index (χ1) is 13.6. The lowest BCUT2D eigenvalue weighted by Crippen LogP contribution is -2.23. The summed E-state index contributed by atoms with van der Waals surface area (Å²) in [6.45, 7) is 2.17. The number of para-hydroxylation sites is 1. The number of aromatic nitrogens is 1. The number of fused-ring (bicyclic) bond motifs is 1. The topological polar surface area (TPSA) is 82.2 Å². The van der Waals surface area contributed by atoms with Crippen molar-refractivity contribution in [3.63, 3.8) is 0 Å². The van der Waals surface area contributed by atoms with Gasteiger partial charge in [0, 0.05) is 33.7 Å². The highest BCUT2D eigenvalue weighted by molar-refractivity contribution is 8.32. The molecule has 0 unspecified atom stereocenters. The second kappa shape index (κ2) is 6.66. The minimum Gasteiger partial charge on any atom is -0.507 e. The Morgan fingerprint density at radius 3 is 2.52 bits per heavy atom. The van der Waals surface area contributed by atoms with Gasteiger partial charge < -0.3 is 15.4 Å². The smallest absolute Gasteiger partial charge is 0.261 e. The molecule has 0 spiro atoms. The Kier molecular flexibility index (Phi) is 4.50. The summed E-state index contributed by atoms with van der Waals surface area (Å²) in [5.74, 6) is -0.291. The van der Waals surface area contributed by atoms with Gasteiger partial charge in [-0.25, -0.2) is 10.0 Å². The second-order valence-electron chi connectivity index (χ2n) is 8.79. The van der Waals surface area contributed by atoms with Crippen LogP contribution in [0.25, 0.3) is 10.9 Å². The number of hydrogen-bond acceptors (Lipinski definition) is 3. The number of carbonyl (C=O) groups is 1. The molecule has 5 nitrogen and oxygen atoms in total. The van der Waals surface area contributed by atoms with Crippen molar-refractivity contribution in [2.24, 2.45) is 0 Å². The lowest BCUT2D eigenvalue weighted by Gasteiger charge is -2.29. The number of anilines is 1. The van der Waals surface area contributed by atoms with Crippen LogP contribution in [0.4, 0.5) is 5.69 Å². The van der Waals surface area contributed by atoms with Gasteiger partial charge in [0.2, 0.25) is 5.43 Å². The standard InChI is InChI=1S/C23H26N2O3S/c1-23(9-10-23)16-11-20(29(2,3)4)19(26)12-18(16)25-22(28)15-13-24-17-8-6-5-7-14(17)21(15)27/h5-8,11-13,26H,9-10H2,1-4H3,(H,24,27)(H,25,28). The number of phenolic OH excluding ortho intramolecular Hbond substituents is 1. The van der Waals surface area contributed by atoms with Crippen molar-refractivity contribution in [2.45, 2.75) is 30.1 Å². The molecule has 29 heavy (non-hydrogen) atoms. The summed E-state index contributed by atoms with van der Waals surface area (Å²) in [7, 11) is -1.13. The van der Waals surface area contributed by atoms with Crippen molar-refractivity contribution in [1.82, 2.24) is 4.98 Å². The molecule has 3 N–H and O–H groups in total. The van der Waals surface area contributed by atoms with Crippen molar-refractivity contribution < 1.29 is 9.90 Å². The van der Waals surface area contributed by atoms with Gasteiger partial charge >= 0.3 is 0 Å². The molecule has 3 aromatic rings. The molecular formula is C23H26N2O3S. The van der Waals surface area contributed by atoms with Crippen molar-refractivity contribution >= 4 is 32.5 Å². The van der Waals surface area contributed by atoms with Gasteiger partial charge in [0.1, 0.15) is 11.3 Å². The number of aromatic amines is 1. The van der Waals surface area contributed by atoms with Gasteiger partial charge in [-0.3, -0.25) is 9.59 Å². The third kappa shape index (κ3) is 3.53. The van der Waals surface area contributed by atoms with Crippen LogP contribution in [0.15, 0.2) is 52.3 Å². The number of amides is 1. The summed E-state index contributed by atoms with van der Waals surface area (Å²) in [6.07, 6.45) is 9.92. The van der Waals surface area contributed by atoms with Crippen LogP contribution in [0.1, 0.15) is 35.7 Å². The van der Waals surface area contributed by atoms with E-state index in [1.165, 1.54) is 6.20 Å². The number of hydrogen-bond donors (Lipinski definition) is 3. The van der Waals surface area contributed by atoms with E-state index in [0.29, 0.717) is 16.6 Å². The first-order valence-electron chi connectivity index (χ1n) is 9.58. The van der Waals surface area contributed by atoms with Crippen LogP contribution >= 0.6 is 10.0 Å². The summed E-state index contributed by atoms with van der Waals surface area (Å²) >= 11 is 0. The van der Waals surface area contributed by atoms with Gasteiger partial charge in [0.15, 0.2) is 0 Å². The Morgan fingerprint density at radius 2 is 1.86 bits per heavy atom. The molecule has 0 aliphatic heterocycles. The average Bonchev–Trinajstić information content (AvgIpc) is 3.39. The third-order valence-corrected chi connectivity index (χ3v) is 7.34. The molecule has 152 valence electrons. The van der Waals surface area contributed by atoms with Gasteiger partial charge in [-0.15, -0.1) is 0 Å². The molecule has 0 bridgehead atoms. The summed E-state index contributed by atoms with van der Waals surface area (Å²) in [5.41, 5.74) is 2.03. The number of pyridine rings is 1. The zero-order valence-electron chi connectivity index (χ0n) is 17.1. The van der Waals surface area contributed by atoms with Crippen LogP contribution in [-0.2, 0) is 5.41 Å². The van der Waals surface area contributed by atoms with Crippen LogP contribution in [0.5, 0.6) is 5.75 Å². The Morgan fingerprint density at radius 1 is 1.17 bits per heavy atom. The largest absolute Gasteiger partial charge is 0.507 e. The predicted molar refractivity (Wildman–Crippen MR) is 121 cm³/mol. The summed E-state index contributed by atoms with van der Waals surface area (Å²) in [6, 6.07) is 10.8. The van der Waals surface area contributed by atoms with Crippen LogP contribution in [0, 0.1) is 0 Å². The highest BCUT2D eigenvalue weighted by atomic mass is 32.3. The number of aromatic hydroxyl groups is 1. The molecule has 1 heterocycles. The molecule has 4 rings (SSSR count). The minimum atomic E-state index is -1.13. The summed E-state index contributed by atoms with van der Waals surface area (Å²) in [5, 5.41) is 14.0. The molecule has 0 saturated heterocycles. The quantitative estimate of drug-likeness (QED) is 0.588. The molecule has 6 heteroatoms. The van der Waals surface area contributed by atoms with Gasteiger partial charge in [-0.05, 0) is 60.8 Å². The molecular weight excluding hydrogens is 384 g/mol. The molecule has 2 aromatic carbocycles. The Hall–Kier alpha value is -2.73. The van der Waals surface area contributed by atoms with Crippen molar-refractivity contribution in [3.8, 4) is 5.75 Å². The number of benzene rings is 2. The first kappa shape index (κ1) is 19.6. The van der Waals surface area contributed by atoms with E-state index in [9.17, 15) is 14.7 Å². The molecule has 1 saturated carbocycles. The predicted octanol–water partition coefficient (Wildman–Crippen LogP) is 4.59. The maximum atomic E-state index is 13.0. The Balaban J connectivity index is 1.76. The molecule has 0 radical (unpaired) electrons. The first-order valence-corrected chi connectivity index (χ1v) is 12.4. The van der Waals surface area contributed by atoms with E-state index < -0.39 is 15.9 Å². The lowest BCUT2D eigenvalue weighted by molar-refractivity contribution is 0.102. The maximum Gasteiger partial charge on any atom is 0.261 e. The Bertz CT molecular complexity index is 1190. The normalized spacial score (nSPS) is 15.9. The molecule has 1 fully saturated rings. The highest BCUT2D eigenvalue weighted by Gasteiger charge is 2.42. The summed E-state index contributed by atoms with van der Waals surface area (Å²) < 4.78 is 0. The fourth-order valence-electron chi connectivity index (χ4n) is 3.64. The van der Waals surface area contributed by atoms with Gasteiger partial charge in [0.25, 0.3) is 5.91 Å². The zero-order chi connectivity index (χ0) is 21.0. The van der Waals surface area contributed by atoms with E-state index in [-0.39, 0.29) is 22.2 Å². The van der Waals surface area contributed by atoms with Crippen molar-refractivity contribution in [1.29, 1.82) is 0 Å². The van der Waals surface area contributed by atoms with Crippen LogP contribution in [-0.4, -0.2) is 34.8 Å². The molecule has 1 aromatic heterocycles. The number of H-pyrrole nitrogens is 1. The number of nitrogens with one attached hydrogen (secondary N) is 2. The monoisotopic (exact) mass is 410 g/mol.